The lowest BCUT2D eigenvalue weighted by Gasteiger charge is -2.22. The number of hydrogen-bond donors (Lipinski definition) is 1. The number of carbonyl (C=O) groups excluding carboxylic acids is 1. The van der Waals surface area contributed by atoms with E-state index in [1.807, 2.05) is 6.07 Å². The highest BCUT2D eigenvalue weighted by atomic mass is 79.9. The number of carbonyl (C=O) groups is 1. The van der Waals surface area contributed by atoms with Crippen molar-refractivity contribution in [3.8, 4) is 11.5 Å². The number of nitrogens with one attached hydrogen (secondary N) is 1. The van der Waals surface area contributed by atoms with Crippen LogP contribution in [0, 0.1) is 15.9 Å². The molecule has 13 heteroatoms. The van der Waals surface area contributed by atoms with Crippen LogP contribution < -0.4 is 20.3 Å². The summed E-state index contributed by atoms with van der Waals surface area (Å²) in [7, 11) is 0. The summed E-state index contributed by atoms with van der Waals surface area (Å²) >= 11 is 3.41. The Morgan fingerprint density at radius 2 is 1.95 bits per heavy atom. The van der Waals surface area contributed by atoms with Crippen molar-refractivity contribution in [2.75, 3.05) is 18.5 Å². The number of para-hydroxylation sites is 1. The number of nitro groups is 1. The second-order valence-electron chi connectivity index (χ2n) is 10.2. The van der Waals surface area contributed by atoms with Crippen molar-refractivity contribution in [3.05, 3.63) is 96.7 Å². The van der Waals surface area contributed by atoms with Crippen LogP contribution in [0.25, 0.3) is 10.9 Å². The summed E-state index contributed by atoms with van der Waals surface area (Å²) in [5.74, 6) is -1.03. The van der Waals surface area contributed by atoms with E-state index in [9.17, 15) is 24.1 Å². The van der Waals surface area contributed by atoms with Crippen LogP contribution in [0.5, 0.6) is 11.5 Å². The number of nitrogens with zero attached hydrogens (tertiary/aromatic N) is 4. The Balaban J connectivity index is 1.49. The topological polar surface area (TPSA) is 138 Å². The molecule has 1 N–H and O–H groups in total. The van der Waals surface area contributed by atoms with Gasteiger partial charge in [0, 0.05) is 22.0 Å². The molecule has 0 unspecified atom stereocenters. The fraction of sp³-hybridized carbons (Fsp3) is 0.290. The number of amides is 1. The van der Waals surface area contributed by atoms with E-state index in [2.05, 4.69) is 26.3 Å². The Morgan fingerprint density at radius 1 is 1.18 bits per heavy atom. The third-order valence-electron chi connectivity index (χ3n) is 7.18. The van der Waals surface area contributed by atoms with E-state index >= 15 is 0 Å². The monoisotopic (exact) mass is 665 g/mol. The second-order valence-corrected chi connectivity index (χ2v) is 11.1. The zero-order valence-electron chi connectivity index (χ0n) is 23.8. The van der Waals surface area contributed by atoms with Crippen LogP contribution >= 0.6 is 15.9 Å². The zero-order chi connectivity index (χ0) is 31.2. The Labute approximate surface area is 260 Å². The molecule has 1 heterocycles. The maximum atomic E-state index is 13.9. The molecule has 0 spiro atoms. The molecule has 5 rings (SSSR count). The fourth-order valence-corrected chi connectivity index (χ4v) is 5.50. The number of ether oxygens (including phenoxy) is 2. The lowest BCUT2D eigenvalue weighted by molar-refractivity contribution is -0.385. The Hall–Kier alpha value is -4.65. The van der Waals surface area contributed by atoms with Gasteiger partial charge in [0.15, 0.2) is 12.4 Å². The molecule has 44 heavy (non-hydrogen) atoms. The van der Waals surface area contributed by atoms with Gasteiger partial charge in [-0.3, -0.25) is 19.7 Å². The Bertz CT molecular complexity index is 1800. The first-order valence-electron chi connectivity index (χ1n) is 14.1. The summed E-state index contributed by atoms with van der Waals surface area (Å²) in [5.41, 5.74) is -0.0465. The molecule has 0 atom stereocenters. The van der Waals surface area contributed by atoms with Crippen molar-refractivity contribution >= 4 is 50.3 Å². The van der Waals surface area contributed by atoms with Crippen molar-refractivity contribution in [2.45, 2.75) is 44.9 Å². The van der Waals surface area contributed by atoms with E-state index in [4.69, 9.17) is 14.5 Å². The predicted molar refractivity (Wildman–Crippen MR) is 167 cm³/mol. The first kappa shape index (κ1) is 30.8. The SMILES string of the molecule is CCOc1cc(C=Nn2c(C3CCCCC3)nc3ccc(Br)cc3c2=O)cc([N+](=O)[O-])c1OCC(=O)Nc1ccccc1F. The molecule has 1 fully saturated rings. The molecule has 0 saturated heterocycles. The van der Waals surface area contributed by atoms with Crippen molar-refractivity contribution in [2.24, 2.45) is 5.10 Å². The molecule has 0 radical (unpaired) electrons. The van der Waals surface area contributed by atoms with Crippen LogP contribution in [0.1, 0.15) is 56.3 Å². The van der Waals surface area contributed by atoms with E-state index in [0.717, 1.165) is 36.6 Å². The summed E-state index contributed by atoms with van der Waals surface area (Å²) in [6, 6.07) is 13.6. The maximum Gasteiger partial charge on any atom is 0.315 e. The highest BCUT2D eigenvalue weighted by Crippen LogP contribution is 2.38. The van der Waals surface area contributed by atoms with Gasteiger partial charge in [-0.15, -0.1) is 0 Å². The fourth-order valence-electron chi connectivity index (χ4n) is 5.14. The summed E-state index contributed by atoms with van der Waals surface area (Å²) in [6.45, 7) is 1.20. The normalized spacial score (nSPS) is 13.7. The molecule has 0 aliphatic heterocycles. The highest BCUT2D eigenvalue weighted by molar-refractivity contribution is 9.10. The first-order valence-corrected chi connectivity index (χ1v) is 14.9. The van der Waals surface area contributed by atoms with Crippen molar-refractivity contribution in [1.82, 2.24) is 9.66 Å². The van der Waals surface area contributed by atoms with E-state index < -0.39 is 28.9 Å². The van der Waals surface area contributed by atoms with Crippen molar-refractivity contribution in [1.29, 1.82) is 0 Å². The highest BCUT2D eigenvalue weighted by Gasteiger charge is 2.25. The van der Waals surface area contributed by atoms with E-state index in [-0.39, 0.29) is 40.8 Å². The number of halogens is 2. The number of rotatable bonds is 10. The van der Waals surface area contributed by atoms with Gasteiger partial charge in [0.1, 0.15) is 11.6 Å². The number of benzene rings is 3. The third-order valence-corrected chi connectivity index (χ3v) is 7.67. The average Bonchev–Trinajstić information content (AvgIpc) is 3.01. The van der Waals surface area contributed by atoms with Gasteiger partial charge in [0.25, 0.3) is 11.5 Å². The van der Waals surface area contributed by atoms with Crippen molar-refractivity contribution in [3.63, 3.8) is 0 Å². The maximum absolute atomic E-state index is 13.9. The summed E-state index contributed by atoms with van der Waals surface area (Å²) in [5, 5.41) is 19.3. The molecule has 1 aliphatic carbocycles. The van der Waals surface area contributed by atoms with E-state index in [1.54, 1.807) is 25.1 Å². The quantitative estimate of drug-likeness (QED) is 0.115. The van der Waals surface area contributed by atoms with Crippen LogP contribution in [0.2, 0.25) is 0 Å². The molecule has 1 saturated carbocycles. The largest absolute Gasteiger partial charge is 0.490 e. The van der Waals surface area contributed by atoms with Gasteiger partial charge in [-0.05, 0) is 56.2 Å². The first-order chi connectivity index (χ1) is 21.2. The lowest BCUT2D eigenvalue weighted by Crippen LogP contribution is -2.25. The standard InChI is InChI=1S/C31H29BrFN5O6/c1-2-43-27-15-19(14-26(38(41)42)29(27)44-18-28(39)35-25-11-7-6-10-23(25)33)17-34-37-30(20-8-4-3-5-9-20)36-24-13-12-21(32)16-22(24)31(37)40/h6-7,10-17,20H,2-5,8-9,18H2,1H3,(H,35,39). The second kappa shape index (κ2) is 13.8. The molecule has 11 nitrogen and oxygen atoms in total. The van der Waals surface area contributed by atoms with Gasteiger partial charge < -0.3 is 14.8 Å². The van der Waals surface area contributed by atoms with Crippen LogP contribution in [0.4, 0.5) is 15.8 Å². The van der Waals surface area contributed by atoms with Crippen molar-refractivity contribution < 1.29 is 23.6 Å². The number of nitro benzene ring substituents is 1. The summed E-state index contributed by atoms with van der Waals surface area (Å²) in [4.78, 5) is 42.3. The molecule has 1 aliphatic rings. The van der Waals surface area contributed by atoms with Crippen LogP contribution in [-0.4, -0.2) is 39.9 Å². The number of fused-ring (bicyclic) bond motifs is 1. The van der Waals surface area contributed by atoms with Crippen LogP contribution in [-0.2, 0) is 4.79 Å². The van der Waals surface area contributed by atoms with Crippen LogP contribution in [0.15, 0.2) is 69.0 Å². The third kappa shape index (κ3) is 6.94. The minimum atomic E-state index is -0.720. The van der Waals surface area contributed by atoms with E-state index in [1.165, 1.54) is 41.2 Å². The van der Waals surface area contributed by atoms with Gasteiger partial charge in [-0.25, -0.2) is 9.37 Å². The summed E-state index contributed by atoms with van der Waals surface area (Å²) < 4.78 is 27.1. The van der Waals surface area contributed by atoms with Gasteiger partial charge in [0.05, 0.1) is 34.3 Å². The van der Waals surface area contributed by atoms with Gasteiger partial charge in [0.2, 0.25) is 5.75 Å². The van der Waals surface area contributed by atoms with Gasteiger partial charge in [-0.2, -0.15) is 9.78 Å². The molecule has 1 aromatic heterocycles. The molecular weight excluding hydrogens is 637 g/mol. The lowest BCUT2D eigenvalue weighted by atomic mass is 9.88. The Morgan fingerprint density at radius 3 is 2.68 bits per heavy atom. The minimum Gasteiger partial charge on any atom is -0.490 e. The van der Waals surface area contributed by atoms with Gasteiger partial charge >= 0.3 is 5.69 Å². The predicted octanol–water partition coefficient (Wildman–Crippen LogP) is 6.55. The molecule has 4 aromatic rings. The smallest absolute Gasteiger partial charge is 0.315 e. The summed E-state index contributed by atoms with van der Waals surface area (Å²) in [6.07, 6.45) is 6.25. The van der Waals surface area contributed by atoms with E-state index in [0.29, 0.717) is 16.7 Å². The molecular formula is C31H29BrFN5O6. The minimum absolute atomic E-state index is 0.00209. The molecule has 0 bridgehead atoms. The molecule has 3 aromatic carbocycles. The average molecular weight is 667 g/mol. The Kier molecular flexibility index (Phi) is 9.63. The molecule has 1 amide bonds. The van der Waals surface area contributed by atoms with Gasteiger partial charge in [-0.1, -0.05) is 47.3 Å². The molecule has 228 valence electrons. The van der Waals surface area contributed by atoms with Crippen LogP contribution in [0.3, 0.4) is 0 Å². The zero-order valence-corrected chi connectivity index (χ0v) is 25.4. The number of hydrogen-bond acceptors (Lipinski definition) is 8. The number of anilines is 1. The number of aromatic nitrogens is 2.